The second kappa shape index (κ2) is 6.04. The highest BCUT2D eigenvalue weighted by Crippen LogP contribution is 2.42. The van der Waals surface area contributed by atoms with Crippen molar-refractivity contribution < 1.29 is 14.4 Å². The highest BCUT2D eigenvalue weighted by molar-refractivity contribution is 5.84. The molecular formula is C13H14N4O4. The largest absolute Gasteiger partial charge is 0.496 e. The number of nitro groups is 1. The molecule has 0 aliphatic rings. The Morgan fingerprint density at radius 1 is 1.19 bits per heavy atom. The molecule has 0 amide bonds. The maximum atomic E-state index is 11.4. The van der Waals surface area contributed by atoms with E-state index >= 15 is 0 Å². The van der Waals surface area contributed by atoms with Crippen LogP contribution in [0.4, 0.5) is 11.5 Å². The molecule has 0 atom stereocenters. The number of aromatic nitrogens is 2. The van der Waals surface area contributed by atoms with E-state index < -0.39 is 4.92 Å². The van der Waals surface area contributed by atoms with Crippen molar-refractivity contribution in [1.29, 1.82) is 0 Å². The van der Waals surface area contributed by atoms with E-state index in [-0.39, 0.29) is 17.2 Å². The standard InChI is InChI=1S/C13H14N4O4/c1-14-13-12(17(18)19)11(15-7-16-13)10-8(20-2)5-4-6-9(10)21-3/h4-7H,1-3H3,(H,14,15,16). The molecule has 8 nitrogen and oxygen atoms in total. The van der Waals surface area contributed by atoms with Gasteiger partial charge in [0.2, 0.25) is 5.82 Å². The molecule has 2 aromatic rings. The second-order valence-corrected chi connectivity index (χ2v) is 3.96. The molecule has 0 saturated heterocycles. The molecule has 110 valence electrons. The van der Waals surface area contributed by atoms with E-state index in [0.717, 1.165) is 0 Å². The first-order valence-corrected chi connectivity index (χ1v) is 6.02. The third-order valence-corrected chi connectivity index (χ3v) is 2.91. The van der Waals surface area contributed by atoms with Crippen LogP contribution in [0.5, 0.6) is 11.5 Å². The zero-order valence-electron chi connectivity index (χ0n) is 11.8. The summed E-state index contributed by atoms with van der Waals surface area (Å²) in [6.07, 6.45) is 1.25. The SMILES string of the molecule is CNc1ncnc(-c2c(OC)cccc2OC)c1[N+](=O)[O-]. The number of methoxy groups -OCH3 is 2. The van der Waals surface area contributed by atoms with E-state index in [1.165, 1.54) is 20.5 Å². The van der Waals surface area contributed by atoms with Gasteiger partial charge in [0.25, 0.3) is 0 Å². The summed E-state index contributed by atoms with van der Waals surface area (Å²) in [4.78, 5) is 18.8. The molecule has 0 unspecified atom stereocenters. The maximum Gasteiger partial charge on any atom is 0.337 e. The third-order valence-electron chi connectivity index (χ3n) is 2.91. The lowest BCUT2D eigenvalue weighted by molar-refractivity contribution is -0.383. The number of ether oxygens (including phenoxy) is 2. The Morgan fingerprint density at radius 2 is 1.81 bits per heavy atom. The molecule has 0 aliphatic carbocycles. The van der Waals surface area contributed by atoms with Crippen LogP contribution in [0.25, 0.3) is 11.3 Å². The summed E-state index contributed by atoms with van der Waals surface area (Å²) in [7, 11) is 4.51. The van der Waals surface area contributed by atoms with Gasteiger partial charge in [-0.2, -0.15) is 0 Å². The van der Waals surface area contributed by atoms with Crippen molar-refractivity contribution in [2.24, 2.45) is 0 Å². The van der Waals surface area contributed by atoms with Crippen LogP contribution in [0, 0.1) is 10.1 Å². The van der Waals surface area contributed by atoms with Crippen molar-refractivity contribution in [3.63, 3.8) is 0 Å². The average Bonchev–Trinajstić information content (AvgIpc) is 2.52. The van der Waals surface area contributed by atoms with Crippen molar-refractivity contribution in [2.75, 3.05) is 26.6 Å². The van der Waals surface area contributed by atoms with Gasteiger partial charge in [0.15, 0.2) is 5.69 Å². The first-order chi connectivity index (χ1) is 10.1. The highest BCUT2D eigenvalue weighted by Gasteiger charge is 2.27. The van der Waals surface area contributed by atoms with Gasteiger partial charge in [0.05, 0.1) is 24.7 Å². The number of benzene rings is 1. The molecule has 0 bridgehead atoms. The molecule has 0 radical (unpaired) electrons. The predicted molar refractivity (Wildman–Crippen MR) is 76.8 cm³/mol. The van der Waals surface area contributed by atoms with Gasteiger partial charge in [-0.05, 0) is 12.1 Å². The van der Waals surface area contributed by atoms with Gasteiger partial charge in [-0.15, -0.1) is 0 Å². The number of nitrogens with zero attached hydrogens (tertiary/aromatic N) is 3. The zero-order chi connectivity index (χ0) is 15.4. The summed E-state index contributed by atoms with van der Waals surface area (Å²) < 4.78 is 10.5. The Hall–Kier alpha value is -2.90. The molecule has 0 saturated carbocycles. The minimum absolute atomic E-state index is 0.123. The summed E-state index contributed by atoms with van der Waals surface area (Å²) in [5, 5.41) is 14.1. The normalized spacial score (nSPS) is 10.0. The third kappa shape index (κ3) is 2.55. The Balaban J connectivity index is 2.81. The zero-order valence-corrected chi connectivity index (χ0v) is 11.8. The van der Waals surface area contributed by atoms with E-state index in [1.54, 1.807) is 25.2 Å². The number of hydrogen-bond acceptors (Lipinski definition) is 7. The molecule has 21 heavy (non-hydrogen) atoms. The van der Waals surface area contributed by atoms with Crippen molar-refractivity contribution in [3.05, 3.63) is 34.6 Å². The van der Waals surface area contributed by atoms with E-state index in [0.29, 0.717) is 17.1 Å². The van der Waals surface area contributed by atoms with Crippen molar-refractivity contribution in [2.45, 2.75) is 0 Å². The van der Waals surface area contributed by atoms with Crippen LogP contribution in [0.2, 0.25) is 0 Å². The number of rotatable bonds is 5. The summed E-state index contributed by atoms with van der Waals surface area (Å²) in [6, 6.07) is 5.10. The Kier molecular flexibility index (Phi) is 4.17. The van der Waals surface area contributed by atoms with Crippen molar-refractivity contribution >= 4 is 11.5 Å². The maximum absolute atomic E-state index is 11.4. The topological polar surface area (TPSA) is 99.4 Å². The summed E-state index contributed by atoms with van der Waals surface area (Å²) in [6.45, 7) is 0. The molecular weight excluding hydrogens is 276 g/mol. The summed E-state index contributed by atoms with van der Waals surface area (Å²) >= 11 is 0. The molecule has 0 aliphatic heterocycles. The number of hydrogen-bond donors (Lipinski definition) is 1. The van der Waals surface area contributed by atoms with Gasteiger partial charge in [-0.1, -0.05) is 6.07 Å². The predicted octanol–water partition coefficient (Wildman–Crippen LogP) is 2.11. The van der Waals surface area contributed by atoms with Crippen LogP contribution in [0.1, 0.15) is 0 Å². The highest BCUT2D eigenvalue weighted by atomic mass is 16.6. The fourth-order valence-corrected chi connectivity index (χ4v) is 2.00. The molecule has 2 rings (SSSR count). The number of nitrogens with one attached hydrogen (secondary N) is 1. The molecule has 0 spiro atoms. The molecule has 8 heteroatoms. The van der Waals surface area contributed by atoms with E-state index in [1.807, 2.05) is 0 Å². The quantitative estimate of drug-likeness (QED) is 0.665. The van der Waals surface area contributed by atoms with E-state index in [2.05, 4.69) is 15.3 Å². The lowest BCUT2D eigenvalue weighted by Crippen LogP contribution is -2.04. The molecule has 1 heterocycles. The first kappa shape index (κ1) is 14.5. The molecule has 0 fully saturated rings. The summed E-state index contributed by atoms with van der Waals surface area (Å²) in [5.41, 5.74) is 0.310. The monoisotopic (exact) mass is 290 g/mol. The van der Waals surface area contributed by atoms with Gasteiger partial charge in [0, 0.05) is 7.05 Å². The minimum atomic E-state index is -0.535. The average molecular weight is 290 g/mol. The lowest BCUT2D eigenvalue weighted by atomic mass is 10.1. The van der Waals surface area contributed by atoms with Gasteiger partial charge >= 0.3 is 5.69 Å². The fraction of sp³-hybridized carbons (Fsp3) is 0.231. The smallest absolute Gasteiger partial charge is 0.337 e. The second-order valence-electron chi connectivity index (χ2n) is 3.96. The van der Waals surface area contributed by atoms with Gasteiger partial charge in [0.1, 0.15) is 17.8 Å². The molecule has 1 N–H and O–H groups in total. The first-order valence-electron chi connectivity index (χ1n) is 6.02. The van der Waals surface area contributed by atoms with E-state index in [4.69, 9.17) is 9.47 Å². The molecule has 1 aromatic carbocycles. The Labute approximate surface area is 120 Å². The summed E-state index contributed by atoms with van der Waals surface area (Å²) in [5.74, 6) is 0.981. The van der Waals surface area contributed by atoms with Gasteiger partial charge in [-0.25, -0.2) is 9.97 Å². The van der Waals surface area contributed by atoms with Gasteiger partial charge in [-0.3, -0.25) is 10.1 Å². The molecule has 1 aromatic heterocycles. The van der Waals surface area contributed by atoms with Crippen LogP contribution in [0.3, 0.4) is 0 Å². The van der Waals surface area contributed by atoms with Crippen LogP contribution >= 0.6 is 0 Å². The fourth-order valence-electron chi connectivity index (χ4n) is 2.00. The van der Waals surface area contributed by atoms with Crippen LogP contribution in [-0.2, 0) is 0 Å². The van der Waals surface area contributed by atoms with Crippen molar-refractivity contribution in [3.8, 4) is 22.8 Å². The Morgan fingerprint density at radius 3 is 2.29 bits per heavy atom. The van der Waals surface area contributed by atoms with Gasteiger partial charge < -0.3 is 14.8 Å². The lowest BCUT2D eigenvalue weighted by Gasteiger charge is -2.13. The van der Waals surface area contributed by atoms with Crippen molar-refractivity contribution in [1.82, 2.24) is 9.97 Å². The Bertz CT molecular complexity index is 653. The van der Waals surface area contributed by atoms with E-state index in [9.17, 15) is 10.1 Å². The van der Waals surface area contributed by atoms with Crippen LogP contribution < -0.4 is 14.8 Å². The van der Waals surface area contributed by atoms with Crippen LogP contribution in [0.15, 0.2) is 24.5 Å². The van der Waals surface area contributed by atoms with Crippen LogP contribution in [-0.4, -0.2) is 36.2 Å². The number of anilines is 1. The minimum Gasteiger partial charge on any atom is -0.496 e.